The Kier molecular flexibility index (Phi) is 6.62. The molecule has 0 aliphatic heterocycles. The minimum absolute atomic E-state index is 0.0795. The number of halogens is 1. The molecule has 0 aromatic heterocycles. The zero-order valence-electron chi connectivity index (χ0n) is 14.9. The number of nitrogens with zero attached hydrogens (tertiary/aromatic N) is 1. The van der Waals surface area contributed by atoms with Crippen LogP contribution < -0.4 is 13.8 Å². The van der Waals surface area contributed by atoms with Gasteiger partial charge < -0.3 is 14.6 Å². The van der Waals surface area contributed by atoms with Crippen molar-refractivity contribution >= 4 is 21.7 Å². The highest BCUT2D eigenvalue weighted by atomic mass is 32.2. The van der Waals surface area contributed by atoms with E-state index in [4.69, 9.17) is 14.6 Å². The summed E-state index contributed by atoms with van der Waals surface area (Å²) in [6.07, 6.45) is -0.127. The lowest BCUT2D eigenvalue weighted by atomic mass is 10.2. The third-order valence-electron chi connectivity index (χ3n) is 3.81. The average Bonchev–Trinajstić information content (AvgIpc) is 2.64. The highest BCUT2D eigenvalue weighted by molar-refractivity contribution is 7.92. The molecule has 0 fully saturated rings. The lowest BCUT2D eigenvalue weighted by Gasteiger charge is -2.26. The lowest BCUT2D eigenvalue weighted by Crippen LogP contribution is -2.32. The summed E-state index contributed by atoms with van der Waals surface area (Å²) in [7, 11) is -1.25. The number of aliphatic carboxylic acids is 1. The van der Waals surface area contributed by atoms with Crippen LogP contribution in [0.2, 0.25) is 0 Å². The van der Waals surface area contributed by atoms with Crippen molar-refractivity contribution in [1.82, 2.24) is 0 Å². The molecule has 0 bridgehead atoms. The molecular formula is C18H20FNO6S. The molecule has 2 aromatic carbocycles. The molecule has 0 atom stereocenters. The summed E-state index contributed by atoms with van der Waals surface area (Å²) in [5.74, 6) is -0.919. The number of carbonyl (C=O) groups is 1. The van der Waals surface area contributed by atoms with E-state index in [0.29, 0.717) is 5.75 Å². The van der Waals surface area contributed by atoms with Gasteiger partial charge in [-0.05, 0) is 42.8 Å². The van der Waals surface area contributed by atoms with Gasteiger partial charge in [0.25, 0.3) is 10.0 Å². The first-order chi connectivity index (χ1) is 12.8. The van der Waals surface area contributed by atoms with Gasteiger partial charge in [-0.3, -0.25) is 9.10 Å². The number of ether oxygens (including phenoxy) is 2. The molecule has 146 valence electrons. The van der Waals surface area contributed by atoms with Crippen LogP contribution in [-0.4, -0.2) is 40.3 Å². The summed E-state index contributed by atoms with van der Waals surface area (Å²) in [6, 6.07) is 9.06. The van der Waals surface area contributed by atoms with Crippen LogP contribution in [0.3, 0.4) is 0 Å². The van der Waals surface area contributed by atoms with Gasteiger partial charge in [0.2, 0.25) is 0 Å². The van der Waals surface area contributed by atoms with Crippen LogP contribution in [0.25, 0.3) is 0 Å². The number of sulfonamides is 1. The minimum Gasteiger partial charge on any atom is -0.497 e. The van der Waals surface area contributed by atoms with E-state index in [0.717, 1.165) is 28.6 Å². The molecule has 0 saturated heterocycles. The van der Waals surface area contributed by atoms with Crippen molar-refractivity contribution in [2.45, 2.75) is 17.7 Å². The van der Waals surface area contributed by atoms with Gasteiger partial charge in [-0.2, -0.15) is 0 Å². The molecule has 7 nitrogen and oxygen atoms in total. The van der Waals surface area contributed by atoms with Gasteiger partial charge in [0.05, 0.1) is 24.8 Å². The highest BCUT2D eigenvalue weighted by Gasteiger charge is 2.28. The third-order valence-corrected chi connectivity index (χ3v) is 5.64. The molecule has 2 rings (SSSR count). The number of carboxylic acid groups (broad SMARTS) is 1. The maximum atomic E-state index is 13.2. The van der Waals surface area contributed by atoms with Crippen molar-refractivity contribution in [3.8, 4) is 11.5 Å². The summed E-state index contributed by atoms with van der Waals surface area (Å²) >= 11 is 0. The maximum absolute atomic E-state index is 13.2. The molecule has 0 heterocycles. The first kappa shape index (κ1) is 20.5. The normalized spacial score (nSPS) is 11.1. The largest absolute Gasteiger partial charge is 0.497 e. The van der Waals surface area contributed by atoms with E-state index in [1.54, 1.807) is 12.1 Å². The van der Waals surface area contributed by atoms with Crippen LogP contribution in [0.15, 0.2) is 47.4 Å². The fourth-order valence-electron chi connectivity index (χ4n) is 2.47. The van der Waals surface area contributed by atoms with E-state index < -0.39 is 21.8 Å². The van der Waals surface area contributed by atoms with Crippen molar-refractivity contribution < 1.29 is 32.2 Å². The molecule has 27 heavy (non-hydrogen) atoms. The Balaban J connectivity index is 2.54. The summed E-state index contributed by atoms with van der Waals surface area (Å²) in [6.45, 7) is -0.102. The Morgan fingerprint density at radius 1 is 1.11 bits per heavy atom. The van der Waals surface area contributed by atoms with Gasteiger partial charge in [-0.25, -0.2) is 12.8 Å². The van der Waals surface area contributed by atoms with Crippen LogP contribution in [0.5, 0.6) is 11.5 Å². The molecule has 0 aliphatic rings. The Bertz CT molecular complexity index is 899. The van der Waals surface area contributed by atoms with Crippen molar-refractivity contribution in [3.05, 3.63) is 48.3 Å². The zero-order chi connectivity index (χ0) is 20.0. The fraction of sp³-hybridized carbons (Fsp3) is 0.278. The van der Waals surface area contributed by atoms with Crippen LogP contribution >= 0.6 is 0 Å². The number of hydrogen-bond acceptors (Lipinski definition) is 5. The quantitative estimate of drug-likeness (QED) is 0.699. The standard InChI is InChI=1S/C18H20FNO6S/c1-25-14-7-10-17(26-2)16(12-14)20(11-3-4-18(21)22)27(23,24)15-8-5-13(19)6-9-15/h5-10,12H,3-4,11H2,1-2H3,(H,21,22). The monoisotopic (exact) mass is 397 g/mol. The third kappa shape index (κ3) is 4.88. The second kappa shape index (κ2) is 8.72. The Hall–Kier alpha value is -2.81. The van der Waals surface area contributed by atoms with Gasteiger partial charge >= 0.3 is 5.97 Å². The van der Waals surface area contributed by atoms with E-state index in [1.165, 1.54) is 20.3 Å². The van der Waals surface area contributed by atoms with Gasteiger partial charge in [-0.15, -0.1) is 0 Å². The summed E-state index contributed by atoms with van der Waals surface area (Å²) in [5.41, 5.74) is 0.201. The van der Waals surface area contributed by atoms with Gasteiger partial charge in [0.1, 0.15) is 17.3 Å². The van der Waals surface area contributed by atoms with Crippen LogP contribution in [0, 0.1) is 5.82 Å². The first-order valence-corrected chi connectivity index (χ1v) is 9.45. The van der Waals surface area contributed by atoms with Crippen LogP contribution in [0.1, 0.15) is 12.8 Å². The molecule has 9 heteroatoms. The molecular weight excluding hydrogens is 377 g/mol. The predicted molar refractivity (Wildman–Crippen MR) is 97.3 cm³/mol. The lowest BCUT2D eigenvalue weighted by molar-refractivity contribution is -0.137. The van der Waals surface area contributed by atoms with E-state index >= 15 is 0 Å². The molecule has 1 N–H and O–H groups in total. The Morgan fingerprint density at radius 2 is 1.78 bits per heavy atom. The van der Waals surface area contributed by atoms with Crippen LogP contribution in [0.4, 0.5) is 10.1 Å². The second-order valence-electron chi connectivity index (χ2n) is 5.57. The molecule has 0 spiro atoms. The summed E-state index contributed by atoms with van der Waals surface area (Å²) < 4.78 is 51.0. The SMILES string of the molecule is COc1ccc(OC)c(N(CCCC(=O)O)S(=O)(=O)c2ccc(F)cc2)c1. The van der Waals surface area contributed by atoms with Gasteiger partial charge in [0.15, 0.2) is 0 Å². The van der Waals surface area contributed by atoms with E-state index in [1.807, 2.05) is 0 Å². The number of hydrogen-bond donors (Lipinski definition) is 1. The molecule has 0 unspecified atom stereocenters. The van der Waals surface area contributed by atoms with E-state index in [2.05, 4.69) is 0 Å². The number of methoxy groups -OCH3 is 2. The number of carboxylic acids is 1. The van der Waals surface area contributed by atoms with Crippen LogP contribution in [-0.2, 0) is 14.8 Å². The fourth-order valence-corrected chi connectivity index (χ4v) is 3.98. The number of benzene rings is 2. The molecule has 0 amide bonds. The van der Waals surface area contributed by atoms with Crippen molar-refractivity contribution in [1.29, 1.82) is 0 Å². The molecule has 0 radical (unpaired) electrons. The maximum Gasteiger partial charge on any atom is 0.303 e. The average molecular weight is 397 g/mol. The minimum atomic E-state index is -4.09. The highest BCUT2D eigenvalue weighted by Crippen LogP contribution is 2.36. The van der Waals surface area contributed by atoms with Gasteiger partial charge in [0, 0.05) is 19.0 Å². The molecule has 0 saturated carbocycles. The molecule has 0 aliphatic carbocycles. The van der Waals surface area contributed by atoms with Crippen molar-refractivity contribution in [2.75, 3.05) is 25.1 Å². The van der Waals surface area contributed by atoms with E-state index in [9.17, 15) is 17.6 Å². The smallest absolute Gasteiger partial charge is 0.303 e. The van der Waals surface area contributed by atoms with E-state index in [-0.39, 0.29) is 35.7 Å². The first-order valence-electron chi connectivity index (χ1n) is 8.01. The predicted octanol–water partition coefficient (Wildman–Crippen LogP) is 2.90. The second-order valence-corrected chi connectivity index (χ2v) is 7.43. The number of rotatable bonds is 9. The van der Waals surface area contributed by atoms with Crippen molar-refractivity contribution in [2.24, 2.45) is 0 Å². The zero-order valence-corrected chi connectivity index (χ0v) is 15.7. The van der Waals surface area contributed by atoms with Gasteiger partial charge in [-0.1, -0.05) is 0 Å². The summed E-state index contributed by atoms with van der Waals surface area (Å²) in [4.78, 5) is 10.7. The molecule has 2 aromatic rings. The topological polar surface area (TPSA) is 93.1 Å². The Labute approximate surface area is 157 Å². The Morgan fingerprint density at radius 3 is 2.33 bits per heavy atom. The van der Waals surface area contributed by atoms with Crippen molar-refractivity contribution in [3.63, 3.8) is 0 Å². The summed E-state index contributed by atoms with van der Waals surface area (Å²) in [5, 5.41) is 8.88. The number of anilines is 1.